The zero-order valence-corrected chi connectivity index (χ0v) is 14.9. The van der Waals surface area contributed by atoms with Crippen molar-refractivity contribution in [2.75, 3.05) is 18.4 Å². The van der Waals surface area contributed by atoms with Crippen LogP contribution in [0.15, 0.2) is 28.7 Å². The summed E-state index contributed by atoms with van der Waals surface area (Å²) < 4.78 is 0.913. The summed E-state index contributed by atoms with van der Waals surface area (Å²) in [5, 5.41) is 1.92. The van der Waals surface area contributed by atoms with E-state index in [9.17, 15) is 19.2 Å². The lowest BCUT2D eigenvalue weighted by Crippen LogP contribution is -2.41. The number of hydrogen-bond acceptors (Lipinski definition) is 6. The van der Waals surface area contributed by atoms with Gasteiger partial charge in [-0.25, -0.2) is 0 Å². The van der Waals surface area contributed by atoms with Crippen LogP contribution in [0, 0.1) is 0 Å². The van der Waals surface area contributed by atoms with E-state index in [0.717, 1.165) is 31.7 Å². The van der Waals surface area contributed by atoms with Gasteiger partial charge in [-0.15, -0.1) is 0 Å². The number of benzene rings is 1. The summed E-state index contributed by atoms with van der Waals surface area (Å²) >= 11 is 4.22. The molecule has 1 atom stereocenters. The summed E-state index contributed by atoms with van der Waals surface area (Å²) in [5.41, 5.74) is 0.726. The van der Waals surface area contributed by atoms with Gasteiger partial charge in [0.15, 0.2) is 5.37 Å². The lowest BCUT2D eigenvalue weighted by molar-refractivity contribution is -0.139. The molecule has 0 spiro atoms. The maximum absolute atomic E-state index is 12.4. The van der Waals surface area contributed by atoms with E-state index in [-0.39, 0.29) is 48.9 Å². The van der Waals surface area contributed by atoms with Crippen molar-refractivity contribution < 1.29 is 19.2 Å². The van der Waals surface area contributed by atoms with Crippen molar-refractivity contribution in [3.05, 3.63) is 28.7 Å². The summed E-state index contributed by atoms with van der Waals surface area (Å²) in [7, 11) is 0. The van der Waals surface area contributed by atoms with Crippen LogP contribution in [0.2, 0.25) is 0 Å². The molecule has 0 aromatic heterocycles. The van der Waals surface area contributed by atoms with Crippen LogP contribution in [0.4, 0.5) is 10.5 Å². The molecule has 24 heavy (non-hydrogen) atoms. The van der Waals surface area contributed by atoms with Crippen LogP contribution in [-0.2, 0) is 14.4 Å². The Hall–Kier alpha value is -1.87. The first kappa shape index (κ1) is 17.0. The molecule has 2 aliphatic heterocycles. The first-order valence-corrected chi connectivity index (χ1v) is 9.00. The Bertz CT molecular complexity index is 693. The molecule has 0 radical (unpaired) electrons. The van der Waals surface area contributed by atoms with Crippen molar-refractivity contribution in [3.8, 4) is 0 Å². The van der Waals surface area contributed by atoms with E-state index in [0.29, 0.717) is 0 Å². The Morgan fingerprint density at radius 3 is 2.21 bits per heavy atom. The van der Waals surface area contributed by atoms with E-state index in [1.807, 2.05) is 12.1 Å². The number of anilines is 1. The third-order valence-corrected chi connectivity index (χ3v) is 5.28. The van der Waals surface area contributed by atoms with Gasteiger partial charge in [0.1, 0.15) is 0 Å². The molecule has 0 bridgehead atoms. The van der Waals surface area contributed by atoms with Gasteiger partial charge in [0.2, 0.25) is 11.8 Å². The van der Waals surface area contributed by atoms with Crippen molar-refractivity contribution >= 4 is 56.3 Å². The van der Waals surface area contributed by atoms with Gasteiger partial charge in [0.05, 0.1) is 0 Å². The summed E-state index contributed by atoms with van der Waals surface area (Å²) in [6, 6.07) is 7.26. The maximum Gasteiger partial charge on any atom is 0.290 e. The minimum absolute atomic E-state index is 0.0284. The van der Waals surface area contributed by atoms with E-state index >= 15 is 0 Å². The number of carbonyl (C=O) groups is 4. The molecule has 1 aromatic carbocycles. The molecule has 4 amide bonds. The Kier molecular flexibility index (Phi) is 4.91. The first-order chi connectivity index (χ1) is 11.5. The summed E-state index contributed by atoms with van der Waals surface area (Å²) in [4.78, 5) is 49.8. The van der Waals surface area contributed by atoms with E-state index in [1.165, 1.54) is 0 Å². The van der Waals surface area contributed by atoms with Gasteiger partial charge in [-0.2, -0.15) is 0 Å². The normalized spacial score (nSPS) is 21.1. The molecule has 0 saturated carbocycles. The third-order valence-electron chi connectivity index (χ3n) is 3.77. The topological polar surface area (TPSA) is 86.8 Å². The van der Waals surface area contributed by atoms with Crippen LogP contribution in [0.5, 0.6) is 0 Å². The van der Waals surface area contributed by atoms with Crippen LogP contribution in [0.1, 0.15) is 12.8 Å². The number of nitrogens with zero attached hydrogens (tertiary/aromatic N) is 2. The highest BCUT2D eigenvalue weighted by Crippen LogP contribution is 2.28. The second-order valence-electron chi connectivity index (χ2n) is 5.34. The lowest BCUT2D eigenvalue weighted by atomic mass is 10.3. The van der Waals surface area contributed by atoms with Crippen molar-refractivity contribution in [2.24, 2.45) is 0 Å². The van der Waals surface area contributed by atoms with Crippen molar-refractivity contribution in [2.45, 2.75) is 18.2 Å². The smallest absolute Gasteiger partial charge is 0.290 e. The summed E-state index contributed by atoms with van der Waals surface area (Å²) in [5.74, 6) is -0.875. The lowest BCUT2D eigenvalue weighted by Gasteiger charge is -2.19. The van der Waals surface area contributed by atoms with E-state index in [2.05, 4.69) is 21.2 Å². The molecule has 3 rings (SSSR count). The zero-order valence-electron chi connectivity index (χ0n) is 12.5. The highest BCUT2D eigenvalue weighted by atomic mass is 79.9. The molecule has 126 valence electrons. The average molecular weight is 412 g/mol. The summed E-state index contributed by atoms with van der Waals surface area (Å²) in [6.07, 6.45) is 0.395. The second-order valence-corrected chi connectivity index (χ2v) is 7.32. The number of carbonyl (C=O) groups excluding carboxylic acids is 4. The molecule has 0 aliphatic carbocycles. The maximum atomic E-state index is 12.4. The Morgan fingerprint density at radius 2 is 1.58 bits per heavy atom. The zero-order chi connectivity index (χ0) is 17.3. The monoisotopic (exact) mass is 411 g/mol. The number of nitrogens with one attached hydrogen (secondary N) is 1. The highest BCUT2D eigenvalue weighted by molar-refractivity contribution is 9.10. The van der Waals surface area contributed by atoms with Crippen LogP contribution in [-0.4, -0.2) is 51.2 Å². The second kappa shape index (κ2) is 6.94. The van der Waals surface area contributed by atoms with Crippen LogP contribution in [0.3, 0.4) is 0 Å². The van der Waals surface area contributed by atoms with E-state index < -0.39 is 5.37 Å². The summed E-state index contributed by atoms with van der Waals surface area (Å²) in [6.45, 7) is 0.0847. The molecule has 7 nitrogen and oxygen atoms in total. The fraction of sp³-hybridized carbons (Fsp3) is 0.333. The molecule has 1 N–H and O–H groups in total. The molecule has 2 fully saturated rings. The number of thioether (sulfide) groups is 1. The molecule has 2 saturated heterocycles. The molecule has 2 aliphatic rings. The van der Waals surface area contributed by atoms with Gasteiger partial charge in [0.25, 0.3) is 11.1 Å². The molecule has 1 aromatic rings. The van der Waals surface area contributed by atoms with Gasteiger partial charge in [0, 0.05) is 36.1 Å². The van der Waals surface area contributed by atoms with Crippen LogP contribution >= 0.6 is 27.7 Å². The number of imide groups is 2. The van der Waals surface area contributed by atoms with Crippen molar-refractivity contribution in [1.29, 1.82) is 0 Å². The Morgan fingerprint density at radius 1 is 1.00 bits per heavy atom. The fourth-order valence-corrected chi connectivity index (χ4v) is 3.71. The quantitative estimate of drug-likeness (QED) is 0.745. The minimum atomic E-state index is -0.705. The fourth-order valence-electron chi connectivity index (χ4n) is 2.51. The minimum Gasteiger partial charge on any atom is -0.365 e. The van der Waals surface area contributed by atoms with Crippen molar-refractivity contribution in [3.63, 3.8) is 0 Å². The predicted molar refractivity (Wildman–Crippen MR) is 92.2 cm³/mol. The third kappa shape index (κ3) is 3.46. The predicted octanol–water partition coefficient (Wildman–Crippen LogP) is 2.03. The first-order valence-electron chi connectivity index (χ1n) is 7.33. The van der Waals surface area contributed by atoms with Gasteiger partial charge < -0.3 is 5.32 Å². The average Bonchev–Trinajstić information content (AvgIpc) is 3.00. The number of likely N-dealkylation sites (tertiary alicyclic amines) is 1. The Labute approximate surface area is 150 Å². The van der Waals surface area contributed by atoms with Gasteiger partial charge in [-0.3, -0.25) is 29.0 Å². The van der Waals surface area contributed by atoms with Gasteiger partial charge >= 0.3 is 0 Å². The standard InChI is InChI=1S/C15H14BrN3O4S/c16-9-1-3-10(4-2-9)17-13-14(22)19(15(23)24-13)8-7-18-11(20)5-6-12(18)21/h1-4,13,17H,5-8H2/t13-/m0/s1. The van der Waals surface area contributed by atoms with Crippen LogP contribution in [0.25, 0.3) is 0 Å². The Balaban J connectivity index is 1.60. The van der Waals surface area contributed by atoms with Crippen LogP contribution < -0.4 is 5.32 Å². The van der Waals surface area contributed by atoms with Crippen molar-refractivity contribution in [1.82, 2.24) is 9.80 Å². The SMILES string of the molecule is O=C1CCC(=O)N1CCN1C(=O)S[C@H](Nc2ccc(Br)cc2)C1=O. The number of hydrogen-bond donors (Lipinski definition) is 1. The number of rotatable bonds is 5. The molecule has 2 heterocycles. The van der Waals surface area contributed by atoms with E-state index in [1.54, 1.807) is 12.1 Å². The number of halogens is 1. The van der Waals surface area contributed by atoms with Gasteiger partial charge in [-0.05, 0) is 36.0 Å². The molecular formula is C15H14BrN3O4S. The molecule has 0 unspecified atom stereocenters. The van der Waals surface area contributed by atoms with Gasteiger partial charge in [-0.1, -0.05) is 15.9 Å². The molecule has 9 heteroatoms. The highest BCUT2D eigenvalue weighted by Gasteiger charge is 2.40. The molecular weight excluding hydrogens is 398 g/mol. The largest absolute Gasteiger partial charge is 0.365 e. The van der Waals surface area contributed by atoms with E-state index in [4.69, 9.17) is 0 Å². The number of amides is 4.